The van der Waals surface area contributed by atoms with Crippen molar-refractivity contribution in [3.05, 3.63) is 90.6 Å². The van der Waals surface area contributed by atoms with Gasteiger partial charge < -0.3 is 9.30 Å². The molecule has 3 aromatic carbocycles. The average molecular weight is 494 g/mol. The molecule has 36 heavy (non-hydrogen) atoms. The summed E-state index contributed by atoms with van der Waals surface area (Å²) in [5.41, 5.74) is 3.41. The van der Waals surface area contributed by atoms with Crippen LogP contribution in [-0.2, 0) is 6.54 Å². The van der Waals surface area contributed by atoms with Crippen LogP contribution in [0.1, 0.15) is 16.8 Å². The summed E-state index contributed by atoms with van der Waals surface area (Å²) in [6.07, 6.45) is 2.24. The fourth-order valence-electron chi connectivity index (χ4n) is 4.13. The number of benzene rings is 3. The lowest BCUT2D eigenvalue weighted by atomic mass is 10.1. The van der Waals surface area contributed by atoms with Gasteiger partial charge in [-0.1, -0.05) is 48.2 Å². The van der Waals surface area contributed by atoms with Gasteiger partial charge in [-0.25, -0.2) is 0 Å². The van der Waals surface area contributed by atoms with Crippen LogP contribution < -0.4 is 4.74 Å². The van der Waals surface area contributed by atoms with Gasteiger partial charge in [0.25, 0.3) is 0 Å². The van der Waals surface area contributed by atoms with Crippen LogP contribution in [0.15, 0.2) is 90.2 Å². The van der Waals surface area contributed by atoms with Crippen molar-refractivity contribution in [1.29, 1.82) is 5.26 Å². The van der Waals surface area contributed by atoms with Gasteiger partial charge in [-0.2, -0.15) is 5.26 Å². The fourth-order valence-corrected chi connectivity index (χ4v) is 4.97. The quantitative estimate of drug-likeness (QED) is 0.191. The zero-order valence-corrected chi connectivity index (χ0v) is 20.5. The number of aryl methyl sites for hydroxylation is 1. The van der Waals surface area contributed by atoms with Crippen molar-refractivity contribution < 1.29 is 9.53 Å². The van der Waals surface area contributed by atoms with E-state index >= 15 is 0 Å². The number of hydrogen-bond donors (Lipinski definition) is 0. The van der Waals surface area contributed by atoms with Gasteiger partial charge in [0.1, 0.15) is 5.75 Å². The highest BCUT2D eigenvalue weighted by Crippen LogP contribution is 2.30. The molecule has 178 valence electrons. The van der Waals surface area contributed by atoms with Crippen molar-refractivity contribution >= 4 is 28.4 Å². The predicted molar refractivity (Wildman–Crippen MR) is 141 cm³/mol. The zero-order valence-electron chi connectivity index (χ0n) is 19.7. The number of para-hydroxylation sites is 2. The van der Waals surface area contributed by atoms with Gasteiger partial charge in [-0.3, -0.25) is 9.36 Å². The maximum atomic E-state index is 13.3. The summed E-state index contributed by atoms with van der Waals surface area (Å²) in [5, 5.41) is 19.4. The second-order valence-electron chi connectivity index (χ2n) is 8.08. The van der Waals surface area contributed by atoms with Gasteiger partial charge >= 0.3 is 0 Å². The number of methoxy groups -OCH3 is 1. The maximum Gasteiger partial charge on any atom is 0.196 e. The minimum atomic E-state index is 0.000479. The van der Waals surface area contributed by atoms with Gasteiger partial charge in [0.05, 0.1) is 25.4 Å². The van der Waals surface area contributed by atoms with E-state index in [-0.39, 0.29) is 11.5 Å². The summed E-state index contributed by atoms with van der Waals surface area (Å²) in [6, 6.07) is 27.5. The van der Waals surface area contributed by atoms with Gasteiger partial charge in [-0.15, -0.1) is 10.2 Å². The number of rotatable bonds is 9. The first-order valence-corrected chi connectivity index (χ1v) is 12.4. The Morgan fingerprint density at radius 1 is 1.00 bits per heavy atom. The Kier molecular flexibility index (Phi) is 6.83. The number of carbonyl (C=O) groups is 1. The molecule has 0 fully saturated rings. The second kappa shape index (κ2) is 10.5. The minimum Gasteiger partial charge on any atom is -0.497 e. The first-order valence-electron chi connectivity index (χ1n) is 11.5. The first-order chi connectivity index (χ1) is 17.7. The largest absolute Gasteiger partial charge is 0.497 e. The van der Waals surface area contributed by atoms with Crippen LogP contribution in [0.2, 0.25) is 0 Å². The Balaban J connectivity index is 1.46. The number of nitrogens with zero attached hydrogens (tertiary/aromatic N) is 5. The highest BCUT2D eigenvalue weighted by molar-refractivity contribution is 7.99. The summed E-state index contributed by atoms with van der Waals surface area (Å²) in [7, 11) is 1.63. The van der Waals surface area contributed by atoms with Gasteiger partial charge in [0.2, 0.25) is 0 Å². The zero-order chi connectivity index (χ0) is 24.9. The topological polar surface area (TPSA) is 85.7 Å². The van der Waals surface area contributed by atoms with Crippen molar-refractivity contribution in [2.75, 3.05) is 12.9 Å². The standard InChI is InChI=1S/C28H23N5O2S/c1-35-22-14-12-20(13-15-22)27-30-31-28(33(27)21-8-3-2-4-9-21)36-19-26(34)24-18-32(17-7-16-29)25-11-6-5-10-23(24)25/h2-6,8-15,18H,7,17,19H2,1H3. The molecule has 0 atom stereocenters. The molecule has 5 aromatic rings. The van der Waals surface area contributed by atoms with E-state index in [1.807, 2.05) is 94.2 Å². The van der Waals surface area contributed by atoms with Crippen molar-refractivity contribution in [1.82, 2.24) is 19.3 Å². The Labute approximate surface area is 213 Å². The Bertz CT molecular complexity index is 1550. The van der Waals surface area contributed by atoms with Crippen LogP contribution in [0.25, 0.3) is 28.0 Å². The van der Waals surface area contributed by atoms with Crippen molar-refractivity contribution in [2.24, 2.45) is 0 Å². The van der Waals surface area contributed by atoms with E-state index in [1.54, 1.807) is 7.11 Å². The third-order valence-electron chi connectivity index (χ3n) is 5.88. The normalized spacial score (nSPS) is 10.9. The number of nitriles is 1. The summed E-state index contributed by atoms with van der Waals surface area (Å²) < 4.78 is 9.23. The smallest absolute Gasteiger partial charge is 0.196 e. The number of aromatic nitrogens is 4. The highest BCUT2D eigenvalue weighted by Gasteiger charge is 2.20. The summed E-state index contributed by atoms with van der Waals surface area (Å²) in [5.74, 6) is 1.66. The average Bonchev–Trinajstić information content (AvgIpc) is 3.53. The summed E-state index contributed by atoms with van der Waals surface area (Å²) >= 11 is 1.36. The van der Waals surface area contributed by atoms with E-state index in [9.17, 15) is 4.79 Å². The van der Waals surface area contributed by atoms with Crippen molar-refractivity contribution in [3.63, 3.8) is 0 Å². The first kappa shape index (κ1) is 23.4. The number of thioether (sulfide) groups is 1. The number of hydrogen-bond acceptors (Lipinski definition) is 6. The molecule has 0 aliphatic heterocycles. The maximum absolute atomic E-state index is 13.3. The number of ketones is 1. The van der Waals surface area contributed by atoms with Crippen molar-refractivity contribution in [2.45, 2.75) is 18.1 Å². The summed E-state index contributed by atoms with van der Waals surface area (Å²) in [4.78, 5) is 13.3. The third-order valence-corrected chi connectivity index (χ3v) is 6.81. The molecule has 0 radical (unpaired) electrons. The van der Waals surface area contributed by atoms with E-state index in [1.165, 1.54) is 11.8 Å². The van der Waals surface area contributed by atoms with Crippen LogP contribution in [0, 0.1) is 11.3 Å². The molecule has 8 heteroatoms. The molecule has 0 aliphatic carbocycles. The minimum absolute atomic E-state index is 0.000479. The molecule has 0 bridgehead atoms. The van der Waals surface area contributed by atoms with Crippen LogP contribution in [-0.4, -0.2) is 38.0 Å². The second-order valence-corrected chi connectivity index (χ2v) is 9.02. The SMILES string of the molecule is COc1ccc(-c2nnc(SCC(=O)c3cn(CCC#N)c4ccccc34)n2-c2ccccc2)cc1. The molecular formula is C28H23N5O2S. The number of carbonyl (C=O) groups excluding carboxylic acids is 1. The molecule has 5 rings (SSSR count). The molecule has 0 spiro atoms. The Morgan fingerprint density at radius 3 is 2.50 bits per heavy atom. The number of ether oxygens (including phenoxy) is 1. The third kappa shape index (κ3) is 4.61. The van der Waals surface area contributed by atoms with E-state index in [2.05, 4.69) is 16.3 Å². The molecule has 2 aromatic heterocycles. The van der Waals surface area contributed by atoms with E-state index in [0.717, 1.165) is 27.9 Å². The fraction of sp³-hybridized carbons (Fsp3) is 0.143. The Hall–Kier alpha value is -4.35. The van der Waals surface area contributed by atoms with Gasteiger partial charge in [0, 0.05) is 40.5 Å². The van der Waals surface area contributed by atoms with Gasteiger partial charge in [-0.05, 0) is 42.5 Å². The van der Waals surface area contributed by atoms with Crippen molar-refractivity contribution in [3.8, 4) is 28.9 Å². The van der Waals surface area contributed by atoms with Crippen LogP contribution in [0.4, 0.5) is 0 Å². The number of Topliss-reactive ketones (excluding diaryl/α,β-unsaturated/α-hetero) is 1. The molecule has 0 unspecified atom stereocenters. The molecular weight excluding hydrogens is 470 g/mol. The Morgan fingerprint density at radius 2 is 1.75 bits per heavy atom. The van der Waals surface area contributed by atoms with E-state index in [4.69, 9.17) is 10.00 Å². The predicted octanol–water partition coefficient (Wildman–Crippen LogP) is 5.79. The van der Waals surface area contributed by atoms with Crippen LogP contribution >= 0.6 is 11.8 Å². The van der Waals surface area contributed by atoms with Crippen LogP contribution in [0.5, 0.6) is 5.75 Å². The summed E-state index contributed by atoms with van der Waals surface area (Å²) in [6.45, 7) is 0.547. The van der Waals surface area contributed by atoms with Gasteiger partial charge in [0.15, 0.2) is 16.8 Å². The highest BCUT2D eigenvalue weighted by atomic mass is 32.2. The molecule has 0 N–H and O–H groups in total. The lowest BCUT2D eigenvalue weighted by Gasteiger charge is -2.10. The number of fused-ring (bicyclic) bond motifs is 1. The lowest BCUT2D eigenvalue weighted by Crippen LogP contribution is -2.05. The molecule has 0 aliphatic rings. The van der Waals surface area contributed by atoms with Crippen LogP contribution in [0.3, 0.4) is 0 Å². The lowest BCUT2D eigenvalue weighted by molar-refractivity contribution is 0.102. The van der Waals surface area contributed by atoms with E-state index in [0.29, 0.717) is 29.5 Å². The molecule has 0 saturated carbocycles. The molecule has 7 nitrogen and oxygen atoms in total. The molecule has 2 heterocycles. The monoisotopic (exact) mass is 493 g/mol. The molecule has 0 saturated heterocycles. The van der Waals surface area contributed by atoms with E-state index < -0.39 is 0 Å². The molecule has 0 amide bonds.